The average Bonchev–Trinajstić information content (AvgIpc) is 3.60. The molecule has 0 atom stereocenters. The average molecular weight is 907 g/mol. The van der Waals surface area contributed by atoms with Gasteiger partial charge in [-0.25, -0.2) is 8.42 Å². The fourth-order valence-corrected chi connectivity index (χ4v) is 11.4. The van der Waals surface area contributed by atoms with Crippen molar-refractivity contribution in [2.24, 2.45) is 0 Å². The molecule has 3 N–H and O–H groups in total. The minimum Gasteiger partial charge on any atom is -0.748 e. The molecule has 0 radical (unpaired) electrons. The smallest absolute Gasteiger partial charge is 0.748 e. The quantitative estimate of drug-likeness (QED) is 0.0379. The minimum atomic E-state index is -4.31. The Hall–Kier alpha value is -4.33. The maximum Gasteiger partial charge on any atom is 1.00 e. The zero-order valence-corrected chi connectivity index (χ0v) is 41.2. The van der Waals surface area contributed by atoms with Crippen molar-refractivity contribution in [1.82, 2.24) is 0 Å². The van der Waals surface area contributed by atoms with Crippen molar-refractivity contribution in [3.8, 4) is 0 Å². The van der Waals surface area contributed by atoms with Gasteiger partial charge in [0.25, 0.3) is 10.1 Å². The van der Waals surface area contributed by atoms with Crippen molar-refractivity contribution in [1.29, 1.82) is 0 Å². The number of hydrogen-bond acceptors (Lipinski definition) is 7. The van der Waals surface area contributed by atoms with Crippen molar-refractivity contribution >= 4 is 70.1 Å². The summed E-state index contributed by atoms with van der Waals surface area (Å²) < 4.78 is 69.7. The third kappa shape index (κ3) is 9.77. The van der Waals surface area contributed by atoms with Crippen LogP contribution in [0.1, 0.15) is 89.3 Å². The van der Waals surface area contributed by atoms with Gasteiger partial charge < -0.3 is 15.2 Å². The Labute approximate surface area is 400 Å². The Morgan fingerprint density at radius 1 is 0.734 bits per heavy atom. The van der Waals surface area contributed by atoms with Gasteiger partial charge in [0.1, 0.15) is 6.54 Å². The number of hydrogen-bond donors (Lipinski definition) is 2. The van der Waals surface area contributed by atoms with Gasteiger partial charge in [0.2, 0.25) is 5.69 Å². The molecule has 0 amide bonds. The SMILES string of the molecule is CC1(C)C(C=CC2=C(c3ccc(N)cc3)/C(=C\C=C3/N(CCCCS(=O)(=O)[O-])c4ccc5ccccc5c4C3(C)C)CCC2)=[N+](CCCCS(=O)(=O)O)c2ccc3ccccc3c21.[Na+]. The molecule has 0 unspecified atom stereocenters. The number of nitrogens with zero attached hydrogens (tertiary/aromatic N) is 2. The molecule has 3 aliphatic rings. The van der Waals surface area contributed by atoms with Gasteiger partial charge in [0.05, 0.1) is 21.3 Å². The van der Waals surface area contributed by atoms with Crippen molar-refractivity contribution in [2.45, 2.75) is 83.5 Å². The van der Waals surface area contributed by atoms with Crippen LogP contribution in [0.5, 0.6) is 0 Å². The van der Waals surface area contributed by atoms with E-state index in [1.807, 2.05) is 12.1 Å². The van der Waals surface area contributed by atoms with Crippen LogP contribution in [0.4, 0.5) is 17.1 Å². The second-order valence-corrected chi connectivity index (χ2v) is 21.3. The zero-order valence-electron chi connectivity index (χ0n) is 37.6. The van der Waals surface area contributed by atoms with E-state index in [4.69, 9.17) is 5.73 Å². The van der Waals surface area contributed by atoms with E-state index in [1.54, 1.807) is 0 Å². The van der Waals surface area contributed by atoms with E-state index in [0.29, 0.717) is 44.5 Å². The van der Waals surface area contributed by atoms with Crippen LogP contribution in [-0.2, 0) is 31.1 Å². The van der Waals surface area contributed by atoms with E-state index < -0.39 is 20.2 Å². The molecule has 0 spiro atoms. The molecule has 328 valence electrons. The summed E-state index contributed by atoms with van der Waals surface area (Å²) in [6, 6.07) is 33.6. The van der Waals surface area contributed by atoms with Gasteiger partial charge in [0, 0.05) is 58.9 Å². The second kappa shape index (κ2) is 18.9. The standard InChI is InChI=1S/C52H57N3O6S2.Na/c1-51(2)46(54(32-9-11-34-62(56,57)58)44-28-22-36-14-5-7-18-42(36)49(44)51)30-24-38-16-13-17-39(48(38)40-20-26-41(53)27-21-40)25-31-47-52(3,4)50-43-19-8-6-15-37(43)23-29-45(50)55(47)33-10-12-35-63(59,60)61;/h5-8,14-15,18-31,53H,9-13,16-17,32-35H2,1-4H3,(H2,56,57,58,59,60,61);/q;+1/b38-24-,46-30-;. The number of benzene rings is 5. The van der Waals surface area contributed by atoms with E-state index in [2.05, 4.69) is 146 Å². The number of anilines is 2. The predicted molar refractivity (Wildman–Crippen MR) is 257 cm³/mol. The summed E-state index contributed by atoms with van der Waals surface area (Å²) >= 11 is 0. The predicted octanol–water partition coefficient (Wildman–Crippen LogP) is 7.75. The normalized spacial score (nSPS) is 18.4. The monoisotopic (exact) mass is 906 g/mol. The van der Waals surface area contributed by atoms with Crippen molar-refractivity contribution < 1.29 is 60.1 Å². The number of unbranched alkanes of at least 4 members (excludes halogenated alkanes) is 2. The summed E-state index contributed by atoms with van der Waals surface area (Å²) in [7, 11) is -8.37. The number of rotatable bonds is 14. The van der Waals surface area contributed by atoms with Gasteiger partial charge >= 0.3 is 29.6 Å². The van der Waals surface area contributed by atoms with Crippen LogP contribution in [0.15, 0.2) is 138 Å². The maximum atomic E-state index is 11.6. The molecule has 5 aromatic rings. The molecule has 2 heterocycles. The van der Waals surface area contributed by atoms with E-state index in [0.717, 1.165) is 53.0 Å². The van der Waals surface area contributed by atoms with Crippen LogP contribution < -0.4 is 40.2 Å². The maximum absolute atomic E-state index is 11.6. The van der Waals surface area contributed by atoms with Crippen LogP contribution in [0, 0.1) is 0 Å². The Morgan fingerprint density at radius 3 is 2.05 bits per heavy atom. The molecule has 0 saturated carbocycles. The molecule has 0 aromatic heterocycles. The molecule has 0 bridgehead atoms. The summed E-state index contributed by atoms with van der Waals surface area (Å²) in [6.45, 7) is 10.2. The fraction of sp³-hybridized carbons (Fsp3) is 0.327. The number of nitrogen functional groups attached to an aromatic ring is 1. The number of allylic oxidation sites excluding steroid dienone is 8. The molecular weight excluding hydrogens is 850 g/mol. The molecular formula is C52H57N3NaO6S2+. The molecule has 2 aliphatic heterocycles. The van der Waals surface area contributed by atoms with E-state index in [-0.39, 0.29) is 51.9 Å². The number of fused-ring (bicyclic) bond motifs is 6. The summed E-state index contributed by atoms with van der Waals surface area (Å²) in [5, 5.41) is 4.71. The Balaban J connectivity index is 0.00000612. The number of nitrogens with two attached hydrogens (primary N) is 1. The first-order chi connectivity index (χ1) is 29.9. The molecule has 9 nitrogen and oxygen atoms in total. The van der Waals surface area contributed by atoms with Gasteiger partial charge in [0.15, 0.2) is 5.71 Å². The van der Waals surface area contributed by atoms with Crippen LogP contribution in [0.2, 0.25) is 0 Å². The topological polar surface area (TPSA) is 144 Å². The van der Waals surface area contributed by atoms with E-state index >= 15 is 0 Å². The van der Waals surface area contributed by atoms with Crippen molar-refractivity contribution in [3.63, 3.8) is 0 Å². The summed E-state index contributed by atoms with van der Waals surface area (Å²) in [4.78, 5) is 2.32. The van der Waals surface area contributed by atoms with E-state index in [1.165, 1.54) is 44.0 Å². The molecule has 64 heavy (non-hydrogen) atoms. The Morgan fingerprint density at radius 2 is 1.38 bits per heavy atom. The second-order valence-electron chi connectivity index (χ2n) is 18.2. The third-order valence-corrected chi connectivity index (χ3v) is 14.8. The minimum absolute atomic E-state index is 0. The molecule has 12 heteroatoms. The first kappa shape index (κ1) is 47.6. The van der Waals surface area contributed by atoms with Crippen molar-refractivity contribution in [2.75, 3.05) is 35.2 Å². The van der Waals surface area contributed by atoms with Crippen LogP contribution >= 0.6 is 0 Å². The van der Waals surface area contributed by atoms with Crippen LogP contribution in [-0.4, -0.2) is 60.8 Å². The van der Waals surface area contributed by atoms with Gasteiger partial charge in [-0.05, 0) is 132 Å². The first-order valence-electron chi connectivity index (χ1n) is 22.0. The third-order valence-electron chi connectivity index (χ3n) is 13.2. The Bertz CT molecular complexity index is 3000. The molecule has 5 aromatic carbocycles. The summed E-state index contributed by atoms with van der Waals surface area (Å²) in [6.07, 6.45) is 13.5. The van der Waals surface area contributed by atoms with Crippen molar-refractivity contribution in [3.05, 3.63) is 155 Å². The largest absolute Gasteiger partial charge is 1.00 e. The zero-order chi connectivity index (χ0) is 44.7. The molecule has 0 fully saturated rings. The molecule has 0 saturated heterocycles. The Kier molecular flexibility index (Phi) is 14.0. The van der Waals surface area contributed by atoms with E-state index in [9.17, 15) is 25.9 Å². The molecule has 8 rings (SSSR count). The first-order valence-corrected chi connectivity index (χ1v) is 25.2. The summed E-state index contributed by atoms with van der Waals surface area (Å²) in [5.41, 5.74) is 17.8. The van der Waals surface area contributed by atoms with Gasteiger partial charge in [-0.3, -0.25) is 4.55 Å². The van der Waals surface area contributed by atoms with Crippen LogP contribution in [0.25, 0.3) is 27.1 Å². The molecule has 1 aliphatic carbocycles. The van der Waals surface area contributed by atoms with Gasteiger partial charge in [-0.2, -0.15) is 13.0 Å². The van der Waals surface area contributed by atoms with Crippen LogP contribution in [0.3, 0.4) is 0 Å². The van der Waals surface area contributed by atoms with Gasteiger partial charge in [-0.15, -0.1) is 0 Å². The fourth-order valence-electron chi connectivity index (χ4n) is 10.3. The summed E-state index contributed by atoms with van der Waals surface area (Å²) in [5.74, 6) is -0.652. The van der Waals surface area contributed by atoms with Gasteiger partial charge in [-0.1, -0.05) is 92.7 Å².